The molecule has 0 saturated heterocycles. The first kappa shape index (κ1) is 54.9. The zero-order valence-electron chi connectivity index (χ0n) is 47.8. The third kappa shape index (κ3) is 10.9. The average Bonchev–Trinajstić information content (AvgIpc) is 1.23. The molecular weight excluding hydrogens is 1040 g/mol. The van der Waals surface area contributed by atoms with Crippen LogP contribution in [-0.2, 0) is 5.41 Å². The summed E-state index contributed by atoms with van der Waals surface area (Å²) in [6, 6.07) is 96.8. The van der Waals surface area contributed by atoms with Gasteiger partial charge in [-0.25, -0.2) is 0 Å². The van der Waals surface area contributed by atoms with E-state index in [4.69, 9.17) is 0 Å². The van der Waals surface area contributed by atoms with Crippen LogP contribution in [0.5, 0.6) is 0 Å². The predicted molar refractivity (Wildman–Crippen MR) is 345 cm³/mol. The van der Waals surface area contributed by atoms with Crippen molar-refractivity contribution in [2.45, 2.75) is 33.1 Å². The second-order valence-electron chi connectivity index (χ2n) is 22.0. The quantitative estimate of drug-likeness (QED) is 0.0714. The van der Waals surface area contributed by atoms with Crippen LogP contribution in [0.4, 0.5) is 0 Å². The molecule has 0 bridgehead atoms. The van der Waals surface area contributed by atoms with Crippen molar-refractivity contribution in [2.24, 2.45) is 0 Å². The highest BCUT2D eigenvalue weighted by Gasteiger charge is 2.39. The van der Waals surface area contributed by atoms with Crippen LogP contribution >= 0.6 is 0 Å². The summed E-state index contributed by atoms with van der Waals surface area (Å²) in [6.07, 6.45) is 0. The highest BCUT2D eigenvalue weighted by molar-refractivity contribution is 6.12. The van der Waals surface area contributed by atoms with Crippen molar-refractivity contribution in [2.75, 3.05) is 0 Å². The number of carbonyl (C=O) groups excluding carboxylic acids is 4. The average molecular weight is 1100 g/mol. The number of rotatable bonds is 16. The molecule has 0 atom stereocenters. The Labute approximate surface area is 497 Å². The van der Waals surface area contributed by atoms with Gasteiger partial charge in [0.25, 0.3) is 0 Å². The molecule has 0 fully saturated rings. The Balaban J connectivity index is 1.02. The SMILES string of the molecule is Cc1ccc(-c2ccc(C(c3ccc(-c4ccc(C)c(C(=O)c5ccccc5)c4)cc3)(c3ccc(-c4ccc(C)c(C(=O)c5ccccc5)c4)cc3)c3ccc(-c4ccc(C)c(C(=O)c5ccccc5)c4)cc3)cc2)cc1C(=O)c1ccccc1. The minimum atomic E-state index is -0.943. The van der Waals surface area contributed by atoms with Crippen molar-refractivity contribution in [3.8, 4) is 44.5 Å². The molecular formula is C81H60O4. The van der Waals surface area contributed by atoms with Crippen LogP contribution in [0.25, 0.3) is 44.5 Å². The van der Waals surface area contributed by atoms with E-state index in [0.29, 0.717) is 44.5 Å². The molecule has 12 rings (SSSR count). The third-order valence-electron chi connectivity index (χ3n) is 16.7. The summed E-state index contributed by atoms with van der Waals surface area (Å²) in [4.78, 5) is 55.9. The van der Waals surface area contributed by atoms with Crippen LogP contribution in [0.2, 0.25) is 0 Å². The van der Waals surface area contributed by atoms with Gasteiger partial charge in [0.1, 0.15) is 0 Å². The molecule has 12 aromatic rings. The maximum atomic E-state index is 14.0. The summed E-state index contributed by atoms with van der Waals surface area (Å²) in [5.41, 5.74) is 19.4. The standard InChI is InChI=1S/C81H60O4/c1-53-25-29-65(49-73(53)77(82)61-17-9-5-10-18-61)57-33-41-69(42-34-57)81(70-43-35-58(36-44-70)66-30-26-54(2)74(50-66)78(83)62-19-11-6-12-20-62,71-45-37-59(38-46-71)67-31-27-55(3)75(51-67)79(84)63-21-13-7-14-22-63)72-47-39-60(40-48-72)68-32-28-56(4)76(52-68)80(85)64-23-15-8-16-24-64/h5-52H,1-4H3. The lowest BCUT2D eigenvalue weighted by atomic mass is 9.64. The Kier molecular flexibility index (Phi) is 15.3. The second-order valence-corrected chi connectivity index (χ2v) is 22.0. The van der Waals surface area contributed by atoms with Crippen LogP contribution in [0.3, 0.4) is 0 Å². The third-order valence-corrected chi connectivity index (χ3v) is 16.7. The molecule has 4 nitrogen and oxygen atoms in total. The summed E-state index contributed by atoms with van der Waals surface area (Å²) in [5, 5.41) is 0. The molecule has 0 saturated carbocycles. The summed E-state index contributed by atoms with van der Waals surface area (Å²) in [7, 11) is 0. The first-order valence-corrected chi connectivity index (χ1v) is 28.7. The van der Waals surface area contributed by atoms with E-state index in [-0.39, 0.29) is 23.1 Å². The van der Waals surface area contributed by atoms with Crippen molar-refractivity contribution >= 4 is 23.1 Å². The van der Waals surface area contributed by atoms with Crippen LogP contribution < -0.4 is 0 Å². The van der Waals surface area contributed by atoms with Crippen molar-refractivity contribution < 1.29 is 19.2 Å². The van der Waals surface area contributed by atoms with E-state index < -0.39 is 5.41 Å². The number of benzene rings is 12. The van der Waals surface area contributed by atoms with Crippen LogP contribution in [0.1, 0.15) is 108 Å². The van der Waals surface area contributed by atoms with E-state index in [1.165, 1.54) is 0 Å². The maximum absolute atomic E-state index is 14.0. The number of aryl methyl sites for hydroxylation is 4. The fourth-order valence-electron chi connectivity index (χ4n) is 11.8. The first-order valence-electron chi connectivity index (χ1n) is 28.7. The zero-order chi connectivity index (χ0) is 58.6. The lowest BCUT2D eigenvalue weighted by Crippen LogP contribution is -2.31. The summed E-state index contributed by atoms with van der Waals surface area (Å²) >= 11 is 0. The summed E-state index contributed by atoms with van der Waals surface area (Å²) in [5.74, 6) is -0.0930. The second kappa shape index (κ2) is 23.7. The highest BCUT2D eigenvalue weighted by atomic mass is 16.1. The van der Waals surface area contributed by atoms with Gasteiger partial charge in [0, 0.05) is 44.5 Å². The Bertz CT molecular complexity index is 3870. The number of carbonyl (C=O) groups is 4. The van der Waals surface area contributed by atoms with E-state index in [1.807, 2.05) is 198 Å². The normalized spacial score (nSPS) is 11.2. The van der Waals surface area contributed by atoms with Crippen molar-refractivity contribution in [1.82, 2.24) is 0 Å². The molecule has 0 heterocycles. The van der Waals surface area contributed by atoms with E-state index in [1.54, 1.807) is 0 Å². The molecule has 0 amide bonds. The topological polar surface area (TPSA) is 68.3 Å². The molecule has 0 aliphatic heterocycles. The minimum Gasteiger partial charge on any atom is -0.289 e. The number of hydrogen-bond donors (Lipinski definition) is 0. The van der Waals surface area contributed by atoms with Gasteiger partial charge >= 0.3 is 0 Å². The largest absolute Gasteiger partial charge is 0.289 e. The Hall–Kier alpha value is -10.7. The molecule has 12 aromatic carbocycles. The number of hydrogen-bond acceptors (Lipinski definition) is 4. The number of ketones is 4. The molecule has 408 valence electrons. The molecule has 4 heteroatoms. The van der Waals surface area contributed by atoms with Gasteiger partial charge in [-0.2, -0.15) is 0 Å². The van der Waals surface area contributed by atoms with Crippen molar-refractivity contribution in [3.05, 3.63) is 380 Å². The molecule has 85 heavy (non-hydrogen) atoms. The molecule has 0 unspecified atom stereocenters. The van der Waals surface area contributed by atoms with Gasteiger partial charge in [0.15, 0.2) is 23.1 Å². The Morgan fingerprint density at radius 2 is 0.388 bits per heavy atom. The highest BCUT2D eigenvalue weighted by Crippen LogP contribution is 2.47. The van der Waals surface area contributed by atoms with Gasteiger partial charge in [-0.3, -0.25) is 19.2 Å². The van der Waals surface area contributed by atoms with Crippen molar-refractivity contribution in [3.63, 3.8) is 0 Å². The van der Waals surface area contributed by atoms with Crippen LogP contribution in [0, 0.1) is 27.7 Å². The summed E-state index contributed by atoms with van der Waals surface area (Å²) < 4.78 is 0. The molecule has 0 aliphatic carbocycles. The van der Waals surface area contributed by atoms with Gasteiger partial charge in [-0.05, 0) is 141 Å². The molecule has 0 aliphatic rings. The lowest BCUT2D eigenvalue weighted by molar-refractivity contribution is 0.103. The zero-order valence-corrected chi connectivity index (χ0v) is 47.8. The van der Waals surface area contributed by atoms with Gasteiger partial charge in [-0.1, -0.05) is 267 Å². The predicted octanol–water partition coefficient (Wildman–Crippen LogP) is 18.9. The van der Waals surface area contributed by atoms with Crippen molar-refractivity contribution in [1.29, 1.82) is 0 Å². The Morgan fingerprint density at radius 3 is 0.576 bits per heavy atom. The van der Waals surface area contributed by atoms with Gasteiger partial charge in [-0.15, -0.1) is 0 Å². The molecule has 0 radical (unpaired) electrons. The van der Waals surface area contributed by atoms with Crippen LogP contribution in [0.15, 0.2) is 291 Å². The smallest absolute Gasteiger partial charge is 0.193 e. The van der Waals surface area contributed by atoms with E-state index in [9.17, 15) is 19.2 Å². The van der Waals surface area contributed by atoms with Gasteiger partial charge in [0.2, 0.25) is 0 Å². The van der Waals surface area contributed by atoms with E-state index in [2.05, 4.69) is 121 Å². The molecule has 0 aromatic heterocycles. The van der Waals surface area contributed by atoms with E-state index >= 15 is 0 Å². The van der Waals surface area contributed by atoms with Crippen LogP contribution in [-0.4, -0.2) is 23.1 Å². The maximum Gasteiger partial charge on any atom is 0.193 e. The monoisotopic (exact) mass is 1100 g/mol. The van der Waals surface area contributed by atoms with Gasteiger partial charge < -0.3 is 0 Å². The fraction of sp³-hybridized carbons (Fsp3) is 0.0617. The molecule has 0 N–H and O–H groups in total. The van der Waals surface area contributed by atoms with Gasteiger partial charge in [0.05, 0.1) is 5.41 Å². The lowest BCUT2D eigenvalue weighted by Gasteiger charge is -2.37. The Morgan fingerprint density at radius 1 is 0.212 bits per heavy atom. The fourth-order valence-corrected chi connectivity index (χ4v) is 11.8. The minimum absolute atomic E-state index is 0.0232. The first-order chi connectivity index (χ1) is 41.4. The summed E-state index contributed by atoms with van der Waals surface area (Å²) in [6.45, 7) is 7.91. The van der Waals surface area contributed by atoms with E-state index in [0.717, 1.165) is 89.0 Å². The molecule has 0 spiro atoms.